The number of rotatable bonds is 7. The number of sulfonamides is 1. The maximum absolute atomic E-state index is 13.0. The molecule has 1 N–H and O–H groups in total. The molecule has 30 heavy (non-hydrogen) atoms. The molecular formula is C20H24ClN3O4S2. The third-order valence-corrected chi connectivity index (χ3v) is 8.02. The molecule has 0 bridgehead atoms. The van der Waals surface area contributed by atoms with Crippen molar-refractivity contribution < 1.29 is 17.9 Å². The first kappa shape index (κ1) is 21.6. The molecule has 0 spiro atoms. The fourth-order valence-electron chi connectivity index (χ4n) is 3.45. The van der Waals surface area contributed by atoms with E-state index in [4.69, 9.17) is 16.3 Å². The van der Waals surface area contributed by atoms with Crippen LogP contribution in [0.1, 0.15) is 28.1 Å². The van der Waals surface area contributed by atoms with Gasteiger partial charge in [0.05, 0.1) is 11.4 Å². The second-order valence-electron chi connectivity index (χ2n) is 7.54. The number of amides is 1. The van der Waals surface area contributed by atoms with Crippen LogP contribution in [0.3, 0.4) is 0 Å². The van der Waals surface area contributed by atoms with Crippen molar-refractivity contribution in [2.75, 3.05) is 33.3 Å². The Kier molecular flexibility index (Phi) is 6.36. The van der Waals surface area contributed by atoms with Crippen LogP contribution >= 0.6 is 22.9 Å². The number of carbonyl (C=O) groups is 1. The van der Waals surface area contributed by atoms with Crippen LogP contribution in [0.4, 0.5) is 0 Å². The maximum Gasteiger partial charge on any atom is 0.253 e. The van der Waals surface area contributed by atoms with Crippen LogP contribution in [0, 0.1) is 0 Å². The van der Waals surface area contributed by atoms with E-state index < -0.39 is 10.0 Å². The highest BCUT2D eigenvalue weighted by molar-refractivity contribution is 7.89. The summed E-state index contributed by atoms with van der Waals surface area (Å²) in [5, 5.41) is 0. The Morgan fingerprint density at radius 1 is 1.20 bits per heavy atom. The number of hydrogen-bond acceptors (Lipinski definition) is 6. The highest BCUT2D eigenvalue weighted by atomic mass is 35.5. The molecule has 10 heteroatoms. The lowest BCUT2D eigenvalue weighted by molar-refractivity contribution is 0.0629. The molecule has 2 aromatic rings. The van der Waals surface area contributed by atoms with E-state index in [1.54, 1.807) is 28.4 Å². The van der Waals surface area contributed by atoms with E-state index in [1.807, 2.05) is 12.1 Å². The summed E-state index contributed by atoms with van der Waals surface area (Å²) in [6.07, 6.45) is 1.67. The molecule has 2 heterocycles. The predicted molar refractivity (Wildman–Crippen MR) is 117 cm³/mol. The van der Waals surface area contributed by atoms with E-state index in [0.717, 1.165) is 36.8 Å². The molecule has 1 aromatic carbocycles. The van der Waals surface area contributed by atoms with E-state index in [0.29, 0.717) is 18.7 Å². The molecule has 1 saturated carbocycles. The Labute approximate surface area is 185 Å². The Bertz CT molecular complexity index is 1030. The number of ether oxygens (including phenoxy) is 1. The first-order valence-corrected chi connectivity index (χ1v) is 12.5. The highest BCUT2D eigenvalue weighted by Crippen LogP contribution is 2.29. The second kappa shape index (κ2) is 8.84. The molecule has 1 aromatic heterocycles. The predicted octanol–water partition coefficient (Wildman–Crippen LogP) is 2.81. The number of methoxy groups -OCH3 is 1. The summed E-state index contributed by atoms with van der Waals surface area (Å²) in [5.41, 5.74) is 0.352. The SMILES string of the molecule is COc1ccc(C(=O)N2CCN(Cc3ccc(Cl)s3)CC2)cc1S(=O)(=O)NC1CC1. The third kappa shape index (κ3) is 4.97. The summed E-state index contributed by atoms with van der Waals surface area (Å²) in [6.45, 7) is 3.51. The van der Waals surface area contributed by atoms with Gasteiger partial charge in [-0.25, -0.2) is 13.1 Å². The molecule has 1 aliphatic carbocycles. The quantitative estimate of drug-likeness (QED) is 0.674. The van der Waals surface area contributed by atoms with Gasteiger partial charge in [0.1, 0.15) is 10.6 Å². The monoisotopic (exact) mass is 469 g/mol. The van der Waals surface area contributed by atoms with Crippen molar-refractivity contribution in [3.63, 3.8) is 0 Å². The lowest BCUT2D eigenvalue weighted by Crippen LogP contribution is -2.48. The minimum Gasteiger partial charge on any atom is -0.495 e. The average molecular weight is 470 g/mol. The van der Waals surface area contributed by atoms with Crippen molar-refractivity contribution in [2.24, 2.45) is 0 Å². The van der Waals surface area contributed by atoms with Crippen molar-refractivity contribution >= 4 is 38.9 Å². The maximum atomic E-state index is 13.0. The van der Waals surface area contributed by atoms with Crippen LogP contribution in [-0.2, 0) is 16.6 Å². The van der Waals surface area contributed by atoms with Crippen molar-refractivity contribution in [3.8, 4) is 5.75 Å². The van der Waals surface area contributed by atoms with Gasteiger partial charge in [0.15, 0.2) is 0 Å². The zero-order valence-corrected chi connectivity index (χ0v) is 19.0. The Morgan fingerprint density at radius 3 is 2.53 bits per heavy atom. The Hall–Kier alpha value is -1.65. The van der Waals surface area contributed by atoms with Crippen LogP contribution in [0.15, 0.2) is 35.2 Å². The largest absolute Gasteiger partial charge is 0.495 e. The molecule has 4 rings (SSSR count). The molecular weight excluding hydrogens is 446 g/mol. The van der Waals surface area contributed by atoms with Crippen molar-refractivity contribution in [1.29, 1.82) is 0 Å². The molecule has 7 nitrogen and oxygen atoms in total. The lowest BCUT2D eigenvalue weighted by atomic mass is 10.1. The van der Waals surface area contributed by atoms with Gasteiger partial charge < -0.3 is 9.64 Å². The summed E-state index contributed by atoms with van der Waals surface area (Å²) < 4.78 is 34.1. The highest BCUT2D eigenvalue weighted by Gasteiger charge is 2.31. The number of carbonyl (C=O) groups excluding carboxylic acids is 1. The van der Waals surface area contributed by atoms with Crippen LogP contribution in [-0.4, -0.2) is 63.5 Å². The molecule has 162 valence electrons. The van der Waals surface area contributed by atoms with Gasteiger partial charge in [-0.3, -0.25) is 9.69 Å². The molecule has 1 aliphatic heterocycles. The Morgan fingerprint density at radius 2 is 1.93 bits per heavy atom. The van der Waals surface area contributed by atoms with Crippen LogP contribution < -0.4 is 9.46 Å². The topological polar surface area (TPSA) is 79.0 Å². The minimum atomic E-state index is -3.73. The van der Waals surface area contributed by atoms with Gasteiger partial charge in [0, 0.05) is 49.2 Å². The van der Waals surface area contributed by atoms with Gasteiger partial charge >= 0.3 is 0 Å². The fraction of sp³-hybridized carbons (Fsp3) is 0.450. The number of nitrogens with zero attached hydrogens (tertiary/aromatic N) is 2. The molecule has 0 radical (unpaired) electrons. The van der Waals surface area contributed by atoms with E-state index in [1.165, 1.54) is 18.1 Å². The molecule has 2 aliphatic rings. The third-order valence-electron chi connectivity index (χ3n) is 5.27. The van der Waals surface area contributed by atoms with Crippen LogP contribution in [0.25, 0.3) is 0 Å². The normalized spacial score (nSPS) is 17.9. The summed E-state index contributed by atoms with van der Waals surface area (Å²) in [7, 11) is -2.31. The standard InChI is InChI=1S/C20H24ClN3O4S2/c1-28-17-6-2-14(12-18(17)30(26,27)22-15-3-4-15)20(25)24-10-8-23(9-11-24)13-16-5-7-19(21)29-16/h2,5-7,12,15,22H,3-4,8-11,13H2,1H3. The molecule has 1 amide bonds. The van der Waals surface area contributed by atoms with E-state index in [9.17, 15) is 13.2 Å². The summed E-state index contributed by atoms with van der Waals surface area (Å²) in [4.78, 5) is 18.3. The minimum absolute atomic E-state index is 0.0101. The van der Waals surface area contributed by atoms with Crippen LogP contribution in [0.2, 0.25) is 4.34 Å². The van der Waals surface area contributed by atoms with Gasteiger partial charge in [-0.15, -0.1) is 11.3 Å². The van der Waals surface area contributed by atoms with Gasteiger partial charge in [-0.2, -0.15) is 0 Å². The number of nitrogens with one attached hydrogen (secondary N) is 1. The zero-order valence-electron chi connectivity index (χ0n) is 16.6. The van der Waals surface area contributed by atoms with Gasteiger partial charge in [-0.1, -0.05) is 11.6 Å². The fourth-order valence-corrected chi connectivity index (χ4v) is 6.08. The average Bonchev–Trinajstić information content (AvgIpc) is 3.45. The van der Waals surface area contributed by atoms with Crippen molar-refractivity contribution in [2.45, 2.75) is 30.3 Å². The molecule has 1 saturated heterocycles. The van der Waals surface area contributed by atoms with Crippen molar-refractivity contribution in [3.05, 3.63) is 45.1 Å². The number of thiophene rings is 1. The van der Waals surface area contributed by atoms with Gasteiger partial charge in [0.2, 0.25) is 10.0 Å². The first-order valence-electron chi connectivity index (χ1n) is 9.82. The summed E-state index contributed by atoms with van der Waals surface area (Å²) in [6, 6.07) is 8.49. The Balaban J connectivity index is 1.44. The number of hydrogen-bond donors (Lipinski definition) is 1. The molecule has 0 unspecified atom stereocenters. The smallest absolute Gasteiger partial charge is 0.253 e. The number of piperazine rings is 1. The molecule has 0 atom stereocenters. The van der Waals surface area contributed by atoms with Crippen molar-refractivity contribution in [1.82, 2.24) is 14.5 Å². The van der Waals surface area contributed by atoms with E-state index >= 15 is 0 Å². The lowest BCUT2D eigenvalue weighted by Gasteiger charge is -2.34. The number of halogens is 1. The van der Waals surface area contributed by atoms with Gasteiger partial charge in [0.25, 0.3) is 5.91 Å². The molecule has 2 fully saturated rings. The zero-order chi connectivity index (χ0) is 21.3. The van der Waals surface area contributed by atoms with E-state index in [-0.39, 0.29) is 22.6 Å². The number of benzene rings is 1. The summed E-state index contributed by atoms with van der Waals surface area (Å²) in [5.74, 6) is 0.0680. The second-order valence-corrected chi connectivity index (χ2v) is 11.0. The van der Waals surface area contributed by atoms with Gasteiger partial charge in [-0.05, 0) is 43.2 Å². The van der Waals surface area contributed by atoms with Crippen LogP contribution in [0.5, 0.6) is 5.75 Å². The first-order chi connectivity index (χ1) is 14.4. The summed E-state index contributed by atoms with van der Waals surface area (Å²) >= 11 is 7.57. The van der Waals surface area contributed by atoms with E-state index in [2.05, 4.69) is 9.62 Å².